The second-order valence-corrected chi connectivity index (χ2v) is 7.68. The number of benzene rings is 2. The van der Waals surface area contributed by atoms with E-state index in [9.17, 15) is 14.0 Å². The fourth-order valence-corrected chi connectivity index (χ4v) is 4.30. The number of aryl methyl sites for hydroxylation is 1. The molecule has 0 aliphatic heterocycles. The second kappa shape index (κ2) is 7.01. The van der Waals surface area contributed by atoms with Crippen LogP contribution < -0.4 is 11.3 Å². The van der Waals surface area contributed by atoms with Crippen molar-refractivity contribution >= 4 is 27.5 Å². The Morgan fingerprint density at radius 1 is 1.21 bits per heavy atom. The van der Waals surface area contributed by atoms with Crippen LogP contribution in [0.3, 0.4) is 0 Å². The number of H-pyrrole nitrogens is 1. The van der Waals surface area contributed by atoms with Crippen molar-refractivity contribution in [1.29, 1.82) is 0 Å². The van der Waals surface area contributed by atoms with E-state index < -0.39 is 5.91 Å². The van der Waals surface area contributed by atoms with Crippen molar-refractivity contribution in [3.05, 3.63) is 86.5 Å². The Labute approximate surface area is 163 Å². The molecule has 4 rings (SSSR count). The van der Waals surface area contributed by atoms with Gasteiger partial charge in [-0.25, -0.2) is 9.37 Å². The van der Waals surface area contributed by atoms with Gasteiger partial charge in [0.1, 0.15) is 16.5 Å². The maximum absolute atomic E-state index is 13.3. The van der Waals surface area contributed by atoms with E-state index in [1.165, 1.54) is 23.5 Å². The number of hydrogen-bond donors (Lipinski definition) is 2. The monoisotopic (exact) mass is 393 g/mol. The number of carbonyl (C=O) groups excluding carboxylic acids is 1. The number of aromatic nitrogens is 2. The first-order valence-corrected chi connectivity index (χ1v) is 9.41. The molecule has 5 nitrogen and oxygen atoms in total. The summed E-state index contributed by atoms with van der Waals surface area (Å²) in [4.78, 5) is 33.2. The van der Waals surface area contributed by atoms with Crippen molar-refractivity contribution in [3.8, 4) is 11.1 Å². The quantitative estimate of drug-likeness (QED) is 0.553. The van der Waals surface area contributed by atoms with Crippen LogP contribution in [0.4, 0.5) is 4.39 Å². The van der Waals surface area contributed by atoms with Crippen LogP contribution in [-0.2, 0) is 6.42 Å². The Hall–Kier alpha value is -3.32. The van der Waals surface area contributed by atoms with E-state index in [1.54, 1.807) is 30.3 Å². The molecule has 0 radical (unpaired) electrons. The van der Waals surface area contributed by atoms with E-state index >= 15 is 0 Å². The number of aromatic amines is 1. The van der Waals surface area contributed by atoms with Gasteiger partial charge < -0.3 is 10.7 Å². The zero-order valence-corrected chi connectivity index (χ0v) is 15.8. The first kappa shape index (κ1) is 18.1. The number of nitrogens with zero attached hydrogens (tertiary/aromatic N) is 1. The fraction of sp³-hybridized carbons (Fsp3) is 0.0952. The highest BCUT2D eigenvalue weighted by Gasteiger charge is 2.17. The molecule has 7 heteroatoms. The maximum atomic E-state index is 13.3. The third-order valence-electron chi connectivity index (χ3n) is 4.50. The number of carbonyl (C=O) groups is 1. The van der Waals surface area contributed by atoms with Gasteiger partial charge in [0.05, 0.1) is 5.39 Å². The SMILES string of the molecule is Cc1sc2nc(Cc3cccc(C(N)=O)c3)[nH]c(=O)c2c1-c1ccc(F)cc1. The number of nitrogens with two attached hydrogens (primary N) is 1. The van der Waals surface area contributed by atoms with Crippen LogP contribution in [0.15, 0.2) is 53.3 Å². The molecule has 1 amide bonds. The molecule has 0 aliphatic rings. The summed E-state index contributed by atoms with van der Waals surface area (Å²) in [6.07, 6.45) is 0.370. The number of fused-ring (bicyclic) bond motifs is 1. The molecule has 0 fully saturated rings. The predicted octanol–water partition coefficient (Wildman–Crippen LogP) is 3.79. The Morgan fingerprint density at radius 2 is 1.96 bits per heavy atom. The molecular weight excluding hydrogens is 377 g/mol. The minimum atomic E-state index is -0.503. The van der Waals surface area contributed by atoms with Crippen LogP contribution in [0.25, 0.3) is 21.3 Å². The lowest BCUT2D eigenvalue weighted by Crippen LogP contribution is -2.13. The van der Waals surface area contributed by atoms with Crippen LogP contribution in [0.2, 0.25) is 0 Å². The lowest BCUT2D eigenvalue weighted by molar-refractivity contribution is 0.1000. The summed E-state index contributed by atoms with van der Waals surface area (Å²) < 4.78 is 13.3. The number of thiophene rings is 1. The van der Waals surface area contributed by atoms with Crippen LogP contribution in [0.5, 0.6) is 0 Å². The molecule has 0 saturated heterocycles. The molecule has 0 atom stereocenters. The first-order chi connectivity index (χ1) is 13.4. The fourth-order valence-electron chi connectivity index (χ4n) is 3.24. The minimum Gasteiger partial charge on any atom is -0.366 e. The molecule has 0 saturated carbocycles. The number of halogens is 1. The second-order valence-electron chi connectivity index (χ2n) is 6.47. The number of primary amides is 1. The molecular formula is C21H16FN3O2S. The minimum absolute atomic E-state index is 0.241. The molecule has 3 N–H and O–H groups in total. The Morgan fingerprint density at radius 3 is 2.68 bits per heavy atom. The van der Waals surface area contributed by atoms with E-state index in [0.717, 1.165) is 21.6 Å². The Kier molecular flexibility index (Phi) is 4.52. The molecule has 0 spiro atoms. The summed E-state index contributed by atoms with van der Waals surface area (Å²) in [6, 6.07) is 13.0. The Balaban J connectivity index is 1.78. The topological polar surface area (TPSA) is 88.8 Å². The van der Waals surface area contributed by atoms with Crippen molar-refractivity contribution in [1.82, 2.24) is 9.97 Å². The number of amides is 1. The maximum Gasteiger partial charge on any atom is 0.260 e. The summed E-state index contributed by atoms with van der Waals surface area (Å²) in [6.45, 7) is 1.92. The summed E-state index contributed by atoms with van der Waals surface area (Å²) >= 11 is 1.43. The first-order valence-electron chi connectivity index (χ1n) is 8.59. The van der Waals surface area contributed by atoms with Gasteiger partial charge in [-0.2, -0.15) is 0 Å². The highest BCUT2D eigenvalue weighted by Crippen LogP contribution is 2.35. The molecule has 28 heavy (non-hydrogen) atoms. The van der Waals surface area contributed by atoms with Gasteiger partial charge in [-0.05, 0) is 42.3 Å². The van der Waals surface area contributed by atoms with E-state index in [2.05, 4.69) is 9.97 Å². The van der Waals surface area contributed by atoms with Gasteiger partial charge in [-0.1, -0.05) is 24.3 Å². The van der Waals surface area contributed by atoms with Crippen molar-refractivity contribution in [2.75, 3.05) is 0 Å². The molecule has 2 heterocycles. The number of rotatable bonds is 4. The van der Waals surface area contributed by atoms with Crippen LogP contribution in [0, 0.1) is 12.7 Å². The standard InChI is InChI=1S/C21H16FN3O2S/c1-11-17(13-5-7-15(22)8-6-13)18-20(27)24-16(25-21(18)28-11)10-12-3-2-4-14(9-12)19(23)26/h2-9H,10H2,1H3,(H2,23,26)(H,24,25,27). The van der Waals surface area contributed by atoms with Crippen molar-refractivity contribution in [2.24, 2.45) is 5.73 Å². The summed E-state index contributed by atoms with van der Waals surface area (Å²) in [5.74, 6) is -0.323. The van der Waals surface area contributed by atoms with Gasteiger partial charge in [-0.15, -0.1) is 11.3 Å². The molecule has 0 unspecified atom stereocenters. The molecule has 4 aromatic rings. The van der Waals surface area contributed by atoms with E-state index in [1.807, 2.05) is 13.0 Å². The van der Waals surface area contributed by atoms with E-state index in [0.29, 0.717) is 28.0 Å². The number of hydrogen-bond acceptors (Lipinski definition) is 4. The van der Waals surface area contributed by atoms with Gasteiger partial charge in [0.25, 0.3) is 5.56 Å². The third kappa shape index (κ3) is 3.32. The summed E-state index contributed by atoms with van der Waals surface area (Å²) in [5.41, 5.74) is 7.87. The third-order valence-corrected chi connectivity index (χ3v) is 5.50. The van der Waals surface area contributed by atoms with Gasteiger partial charge in [-0.3, -0.25) is 9.59 Å². The average molecular weight is 393 g/mol. The molecule has 2 aromatic heterocycles. The molecule has 140 valence electrons. The van der Waals surface area contributed by atoms with Gasteiger partial charge in [0.15, 0.2) is 0 Å². The van der Waals surface area contributed by atoms with Gasteiger partial charge >= 0.3 is 0 Å². The highest BCUT2D eigenvalue weighted by atomic mass is 32.1. The molecule has 2 aromatic carbocycles. The zero-order chi connectivity index (χ0) is 19.8. The number of nitrogens with one attached hydrogen (secondary N) is 1. The van der Waals surface area contributed by atoms with Crippen LogP contribution in [0.1, 0.15) is 26.6 Å². The van der Waals surface area contributed by atoms with Crippen molar-refractivity contribution < 1.29 is 9.18 Å². The van der Waals surface area contributed by atoms with E-state index in [4.69, 9.17) is 5.73 Å². The van der Waals surface area contributed by atoms with Crippen LogP contribution >= 0.6 is 11.3 Å². The van der Waals surface area contributed by atoms with Crippen molar-refractivity contribution in [2.45, 2.75) is 13.3 Å². The predicted molar refractivity (Wildman–Crippen MR) is 108 cm³/mol. The molecule has 0 aliphatic carbocycles. The molecule has 0 bridgehead atoms. The summed E-state index contributed by atoms with van der Waals surface area (Å²) in [7, 11) is 0. The van der Waals surface area contributed by atoms with E-state index in [-0.39, 0.29) is 11.4 Å². The summed E-state index contributed by atoms with van der Waals surface area (Å²) in [5, 5.41) is 0.503. The lowest BCUT2D eigenvalue weighted by atomic mass is 10.0. The van der Waals surface area contributed by atoms with Crippen molar-refractivity contribution in [3.63, 3.8) is 0 Å². The highest BCUT2D eigenvalue weighted by molar-refractivity contribution is 7.19. The smallest absolute Gasteiger partial charge is 0.260 e. The normalized spacial score (nSPS) is 11.1. The largest absolute Gasteiger partial charge is 0.366 e. The lowest BCUT2D eigenvalue weighted by Gasteiger charge is -2.04. The van der Waals surface area contributed by atoms with Gasteiger partial charge in [0, 0.05) is 22.4 Å². The van der Waals surface area contributed by atoms with Gasteiger partial charge in [0.2, 0.25) is 5.91 Å². The Bertz CT molecular complexity index is 1260. The average Bonchev–Trinajstić information content (AvgIpc) is 2.99. The van der Waals surface area contributed by atoms with Crippen LogP contribution in [-0.4, -0.2) is 15.9 Å². The zero-order valence-electron chi connectivity index (χ0n) is 15.0.